The van der Waals surface area contributed by atoms with Gasteiger partial charge in [0.15, 0.2) is 5.76 Å². The van der Waals surface area contributed by atoms with E-state index in [1.165, 1.54) is 17.9 Å². The van der Waals surface area contributed by atoms with E-state index in [9.17, 15) is 19.5 Å². The zero-order chi connectivity index (χ0) is 24.2. The summed E-state index contributed by atoms with van der Waals surface area (Å²) in [5.41, 5.74) is 4.56. The van der Waals surface area contributed by atoms with E-state index in [2.05, 4.69) is 17.4 Å². The minimum Gasteiger partial charge on any atom is -0.480 e. The smallest absolute Gasteiger partial charge is 0.407 e. The Morgan fingerprint density at radius 2 is 1.65 bits per heavy atom. The summed E-state index contributed by atoms with van der Waals surface area (Å²) < 4.78 is 11.0. The number of likely N-dealkylation sites (N-methyl/N-ethyl adjacent to an activating group) is 1. The average Bonchev–Trinajstić information content (AvgIpc) is 3.45. The van der Waals surface area contributed by atoms with Gasteiger partial charge in [0.1, 0.15) is 18.4 Å². The van der Waals surface area contributed by atoms with E-state index >= 15 is 0 Å². The van der Waals surface area contributed by atoms with Crippen LogP contribution in [0.5, 0.6) is 0 Å². The van der Waals surface area contributed by atoms with Crippen molar-refractivity contribution >= 4 is 18.0 Å². The van der Waals surface area contributed by atoms with Crippen molar-refractivity contribution in [2.45, 2.75) is 32.4 Å². The number of aliphatic carboxylic acids is 1. The predicted molar refractivity (Wildman–Crippen MR) is 124 cm³/mol. The van der Waals surface area contributed by atoms with Crippen LogP contribution < -0.4 is 5.32 Å². The van der Waals surface area contributed by atoms with E-state index in [0.717, 1.165) is 22.3 Å². The van der Waals surface area contributed by atoms with E-state index in [0.29, 0.717) is 5.76 Å². The standard InChI is InChI=1S/C26H26N2O6/c1-3-28(16(2)25(30)31)24(29)23-13-12-17(34-23)14-27-26(32)33-15-22-20-10-6-4-8-18(20)19-9-5-7-11-21(19)22/h4-13,16,22H,3,14-15H2,1-2H3,(H,27,32)(H,30,31). The van der Waals surface area contributed by atoms with E-state index in [1.54, 1.807) is 13.0 Å². The molecule has 1 aromatic heterocycles. The van der Waals surface area contributed by atoms with Crippen LogP contribution in [0, 0.1) is 0 Å². The lowest BCUT2D eigenvalue weighted by atomic mass is 9.98. The lowest BCUT2D eigenvalue weighted by Crippen LogP contribution is -2.42. The summed E-state index contributed by atoms with van der Waals surface area (Å²) in [7, 11) is 0. The molecule has 4 rings (SSSR count). The van der Waals surface area contributed by atoms with Gasteiger partial charge in [0.25, 0.3) is 5.91 Å². The van der Waals surface area contributed by atoms with Crippen LogP contribution in [-0.4, -0.2) is 47.2 Å². The van der Waals surface area contributed by atoms with Gasteiger partial charge in [-0.3, -0.25) is 4.79 Å². The zero-order valence-electron chi connectivity index (χ0n) is 19.0. The van der Waals surface area contributed by atoms with Crippen molar-refractivity contribution < 1.29 is 28.6 Å². The maximum Gasteiger partial charge on any atom is 0.407 e. The molecule has 1 unspecified atom stereocenters. The number of carbonyl (C=O) groups excluding carboxylic acids is 2. The first-order valence-electron chi connectivity index (χ1n) is 11.1. The fourth-order valence-electron chi connectivity index (χ4n) is 4.26. The summed E-state index contributed by atoms with van der Waals surface area (Å²) in [6.07, 6.45) is -0.596. The van der Waals surface area contributed by atoms with Gasteiger partial charge < -0.3 is 24.5 Å². The number of rotatable bonds is 8. The predicted octanol–water partition coefficient (Wildman–Crippen LogP) is 4.25. The fourth-order valence-corrected chi connectivity index (χ4v) is 4.26. The number of hydrogen-bond acceptors (Lipinski definition) is 5. The van der Waals surface area contributed by atoms with Crippen molar-refractivity contribution in [1.82, 2.24) is 10.2 Å². The molecule has 2 amide bonds. The molecule has 2 aromatic carbocycles. The van der Waals surface area contributed by atoms with Crippen LogP contribution >= 0.6 is 0 Å². The minimum absolute atomic E-state index is 0.0132. The number of furan rings is 1. The summed E-state index contributed by atoms with van der Waals surface area (Å²) in [5.74, 6) is -1.29. The van der Waals surface area contributed by atoms with Gasteiger partial charge in [0.2, 0.25) is 0 Å². The maximum absolute atomic E-state index is 12.6. The molecule has 8 nitrogen and oxygen atoms in total. The number of alkyl carbamates (subject to hydrolysis) is 1. The Labute approximate surface area is 197 Å². The molecule has 2 N–H and O–H groups in total. The molecule has 0 fully saturated rings. The number of nitrogens with one attached hydrogen (secondary N) is 1. The number of ether oxygens (including phenoxy) is 1. The third kappa shape index (κ3) is 4.52. The highest BCUT2D eigenvalue weighted by atomic mass is 16.5. The number of amides is 2. The number of carbonyl (C=O) groups is 3. The van der Waals surface area contributed by atoms with Crippen LogP contribution in [0.25, 0.3) is 11.1 Å². The van der Waals surface area contributed by atoms with Gasteiger partial charge in [-0.05, 0) is 48.2 Å². The average molecular weight is 463 g/mol. The Balaban J connectivity index is 1.34. The van der Waals surface area contributed by atoms with Crippen LogP contribution in [0.1, 0.15) is 47.2 Å². The number of benzene rings is 2. The largest absolute Gasteiger partial charge is 0.480 e. The fraction of sp³-hybridized carbons (Fsp3) is 0.269. The molecule has 0 saturated heterocycles. The minimum atomic E-state index is -1.10. The van der Waals surface area contributed by atoms with Crippen LogP contribution in [0.3, 0.4) is 0 Å². The topological polar surface area (TPSA) is 109 Å². The highest BCUT2D eigenvalue weighted by molar-refractivity contribution is 5.94. The quantitative estimate of drug-likeness (QED) is 0.518. The Morgan fingerprint density at radius 3 is 2.24 bits per heavy atom. The first kappa shape index (κ1) is 23.1. The monoisotopic (exact) mass is 462 g/mol. The third-order valence-electron chi connectivity index (χ3n) is 6.05. The van der Waals surface area contributed by atoms with Crippen molar-refractivity contribution in [3.05, 3.63) is 83.3 Å². The van der Waals surface area contributed by atoms with E-state index in [1.807, 2.05) is 36.4 Å². The number of carboxylic acid groups (broad SMARTS) is 1. The summed E-state index contributed by atoms with van der Waals surface area (Å²) in [6, 6.07) is 18.2. The first-order chi connectivity index (χ1) is 16.4. The normalized spacial score (nSPS) is 13.0. The van der Waals surface area contributed by atoms with Gasteiger partial charge in [-0.1, -0.05) is 48.5 Å². The summed E-state index contributed by atoms with van der Waals surface area (Å²) >= 11 is 0. The van der Waals surface area contributed by atoms with Crippen LogP contribution in [0.4, 0.5) is 4.79 Å². The highest BCUT2D eigenvalue weighted by Crippen LogP contribution is 2.44. The van der Waals surface area contributed by atoms with E-state index in [4.69, 9.17) is 9.15 Å². The van der Waals surface area contributed by atoms with Gasteiger partial charge >= 0.3 is 12.1 Å². The van der Waals surface area contributed by atoms with E-state index < -0.39 is 24.0 Å². The molecule has 0 saturated carbocycles. The molecule has 176 valence electrons. The number of carboxylic acids is 1. The van der Waals surface area contributed by atoms with Crippen molar-refractivity contribution in [2.24, 2.45) is 0 Å². The molecule has 1 atom stereocenters. The molecule has 8 heteroatoms. The SMILES string of the molecule is CCN(C(=O)c1ccc(CNC(=O)OCC2c3ccccc3-c3ccccc32)o1)C(C)C(=O)O. The third-order valence-corrected chi connectivity index (χ3v) is 6.05. The Hall–Kier alpha value is -4.07. The zero-order valence-corrected chi connectivity index (χ0v) is 19.0. The van der Waals surface area contributed by atoms with Gasteiger partial charge in [-0.2, -0.15) is 0 Å². The second kappa shape index (κ2) is 9.82. The van der Waals surface area contributed by atoms with Crippen molar-refractivity contribution in [2.75, 3.05) is 13.2 Å². The van der Waals surface area contributed by atoms with Crippen LogP contribution in [-0.2, 0) is 16.1 Å². The Bertz CT molecular complexity index is 1170. The molecule has 3 aromatic rings. The lowest BCUT2D eigenvalue weighted by molar-refractivity contribution is -0.141. The van der Waals surface area contributed by atoms with Crippen LogP contribution in [0.2, 0.25) is 0 Å². The van der Waals surface area contributed by atoms with Crippen molar-refractivity contribution in [3.63, 3.8) is 0 Å². The Kier molecular flexibility index (Phi) is 6.67. The van der Waals surface area contributed by atoms with Crippen molar-refractivity contribution in [1.29, 1.82) is 0 Å². The van der Waals surface area contributed by atoms with Gasteiger partial charge in [-0.25, -0.2) is 9.59 Å². The summed E-state index contributed by atoms with van der Waals surface area (Å²) in [6.45, 7) is 3.58. The second-order valence-corrected chi connectivity index (χ2v) is 8.05. The first-order valence-corrected chi connectivity index (χ1v) is 11.1. The molecular formula is C26H26N2O6. The molecule has 0 aliphatic heterocycles. The molecule has 0 bridgehead atoms. The van der Waals surface area contributed by atoms with Gasteiger partial charge in [0, 0.05) is 12.5 Å². The lowest BCUT2D eigenvalue weighted by Gasteiger charge is -2.23. The molecule has 1 aliphatic rings. The Morgan fingerprint density at radius 1 is 1.03 bits per heavy atom. The summed E-state index contributed by atoms with van der Waals surface area (Å²) in [5, 5.41) is 11.8. The second-order valence-electron chi connectivity index (χ2n) is 8.05. The number of hydrogen-bond donors (Lipinski definition) is 2. The molecule has 1 heterocycles. The highest BCUT2D eigenvalue weighted by Gasteiger charge is 2.29. The maximum atomic E-state index is 12.6. The van der Waals surface area contributed by atoms with Crippen LogP contribution in [0.15, 0.2) is 65.1 Å². The van der Waals surface area contributed by atoms with Gasteiger partial charge in [-0.15, -0.1) is 0 Å². The molecular weight excluding hydrogens is 436 g/mol. The van der Waals surface area contributed by atoms with Gasteiger partial charge in [0.05, 0.1) is 6.54 Å². The number of fused-ring (bicyclic) bond motifs is 3. The molecule has 1 aliphatic carbocycles. The number of nitrogens with zero attached hydrogens (tertiary/aromatic N) is 1. The molecule has 0 spiro atoms. The van der Waals surface area contributed by atoms with Crippen molar-refractivity contribution in [3.8, 4) is 11.1 Å². The summed E-state index contributed by atoms with van der Waals surface area (Å²) in [4.78, 5) is 37.3. The molecule has 0 radical (unpaired) electrons. The van der Waals surface area contributed by atoms with E-state index in [-0.39, 0.29) is 31.4 Å². The molecule has 34 heavy (non-hydrogen) atoms.